The minimum atomic E-state index is -1.94. The highest BCUT2D eigenvalue weighted by Gasteiger charge is 2.60. The summed E-state index contributed by atoms with van der Waals surface area (Å²) >= 11 is 0. The molecule has 1 fully saturated rings. The first-order valence-corrected chi connectivity index (χ1v) is 13.9. The van der Waals surface area contributed by atoms with Crippen molar-refractivity contribution in [2.75, 3.05) is 0 Å². The molecule has 1 rings (SSSR count). The second-order valence-corrected chi connectivity index (χ2v) is 11.6. The Morgan fingerprint density at radius 1 is 0.697 bits per heavy atom. The van der Waals surface area contributed by atoms with Crippen LogP contribution in [0.4, 0.5) is 0 Å². The van der Waals surface area contributed by atoms with Crippen LogP contribution in [0.2, 0.25) is 0 Å². The van der Waals surface area contributed by atoms with E-state index in [9.17, 15) is 20.4 Å². The molecule has 1 aliphatic heterocycles. The van der Waals surface area contributed by atoms with Crippen LogP contribution in [0.5, 0.6) is 0 Å². The molecular weight excluding hydrogens is 416 g/mol. The normalized spacial score (nSPS) is 23.7. The van der Waals surface area contributed by atoms with E-state index in [-0.39, 0.29) is 12.3 Å². The van der Waals surface area contributed by atoms with Crippen LogP contribution in [0, 0.1) is 29.6 Å². The molecular formula is C28H56O5. The van der Waals surface area contributed by atoms with Crippen molar-refractivity contribution in [1.29, 1.82) is 0 Å². The van der Waals surface area contributed by atoms with Crippen LogP contribution < -0.4 is 0 Å². The third-order valence-electron chi connectivity index (χ3n) is 8.25. The van der Waals surface area contributed by atoms with Gasteiger partial charge in [-0.25, -0.2) is 0 Å². The summed E-state index contributed by atoms with van der Waals surface area (Å²) in [7, 11) is 0. The van der Waals surface area contributed by atoms with Gasteiger partial charge >= 0.3 is 0 Å². The van der Waals surface area contributed by atoms with Crippen molar-refractivity contribution in [2.45, 2.75) is 149 Å². The van der Waals surface area contributed by atoms with Crippen molar-refractivity contribution in [3.05, 3.63) is 0 Å². The largest absolute Gasteiger partial charge is 0.365 e. The molecule has 1 saturated heterocycles. The average molecular weight is 473 g/mol. The van der Waals surface area contributed by atoms with Gasteiger partial charge in [0.25, 0.3) is 0 Å². The number of ether oxygens (including phenoxy) is 1. The number of rotatable bonds is 19. The maximum atomic E-state index is 10.7. The summed E-state index contributed by atoms with van der Waals surface area (Å²) < 4.78 is 5.49. The average Bonchev–Trinajstić information content (AvgIpc) is 3.54. The van der Waals surface area contributed by atoms with E-state index in [4.69, 9.17) is 4.74 Å². The lowest BCUT2D eigenvalue weighted by Gasteiger charge is -2.30. The number of hydrogen-bond donors (Lipinski definition) is 4. The van der Waals surface area contributed by atoms with Crippen molar-refractivity contribution in [1.82, 2.24) is 0 Å². The fourth-order valence-electron chi connectivity index (χ4n) is 5.32. The number of unbranched alkanes of at least 4 members (excludes halogenated alkanes) is 2. The molecule has 0 aliphatic carbocycles. The van der Waals surface area contributed by atoms with E-state index in [0.29, 0.717) is 5.92 Å². The first kappa shape index (κ1) is 30.8. The number of aliphatic hydroxyl groups is 4. The maximum Gasteiger partial charge on any atom is 0.194 e. The van der Waals surface area contributed by atoms with Crippen LogP contribution in [0.15, 0.2) is 0 Å². The van der Waals surface area contributed by atoms with Crippen LogP contribution in [0.3, 0.4) is 0 Å². The van der Waals surface area contributed by atoms with Gasteiger partial charge in [-0.3, -0.25) is 0 Å². The molecule has 1 heterocycles. The molecule has 33 heavy (non-hydrogen) atoms. The SMILES string of the molecule is CCCCCC(C)CCCC(C)CC(C)CCCC(C)C(O)(O)C1OC1C(C)C(O)(O)CC. The van der Waals surface area contributed by atoms with Crippen LogP contribution in [-0.2, 0) is 4.74 Å². The van der Waals surface area contributed by atoms with Crippen molar-refractivity contribution in [3.63, 3.8) is 0 Å². The zero-order chi connectivity index (χ0) is 25.2. The first-order valence-electron chi connectivity index (χ1n) is 13.9. The van der Waals surface area contributed by atoms with Gasteiger partial charge in [0.15, 0.2) is 11.6 Å². The van der Waals surface area contributed by atoms with Gasteiger partial charge in [0.05, 0.1) is 6.10 Å². The van der Waals surface area contributed by atoms with Crippen LogP contribution in [-0.4, -0.2) is 44.2 Å². The second-order valence-electron chi connectivity index (χ2n) is 11.6. The number of epoxide rings is 1. The molecule has 5 nitrogen and oxygen atoms in total. The molecule has 4 N–H and O–H groups in total. The van der Waals surface area contributed by atoms with Gasteiger partial charge in [0.1, 0.15) is 6.10 Å². The summed E-state index contributed by atoms with van der Waals surface area (Å²) in [5, 5.41) is 41.4. The molecule has 0 spiro atoms. The Labute approximate surface area is 204 Å². The van der Waals surface area contributed by atoms with Gasteiger partial charge in [-0.05, 0) is 37.0 Å². The molecule has 5 heteroatoms. The quantitative estimate of drug-likeness (QED) is 0.105. The minimum Gasteiger partial charge on any atom is -0.365 e. The summed E-state index contributed by atoms with van der Waals surface area (Å²) in [5.74, 6) is -2.45. The Bertz CT molecular complexity index is 520. The fourth-order valence-corrected chi connectivity index (χ4v) is 5.32. The predicted molar refractivity (Wildman–Crippen MR) is 136 cm³/mol. The van der Waals surface area contributed by atoms with Crippen LogP contribution >= 0.6 is 0 Å². The van der Waals surface area contributed by atoms with Crippen LogP contribution in [0.1, 0.15) is 126 Å². The first-order chi connectivity index (χ1) is 15.4. The van der Waals surface area contributed by atoms with E-state index in [1.165, 1.54) is 51.4 Å². The zero-order valence-corrected chi connectivity index (χ0v) is 22.7. The smallest absolute Gasteiger partial charge is 0.194 e. The van der Waals surface area contributed by atoms with Gasteiger partial charge < -0.3 is 25.2 Å². The molecule has 0 bridgehead atoms. The monoisotopic (exact) mass is 472 g/mol. The lowest BCUT2D eigenvalue weighted by molar-refractivity contribution is -0.214. The molecule has 0 radical (unpaired) electrons. The Kier molecular flexibility index (Phi) is 13.4. The maximum absolute atomic E-state index is 10.7. The van der Waals surface area contributed by atoms with Gasteiger partial charge in [-0.1, -0.05) is 106 Å². The summed E-state index contributed by atoms with van der Waals surface area (Å²) in [5.41, 5.74) is 0. The molecule has 1 aliphatic rings. The third-order valence-corrected chi connectivity index (χ3v) is 8.25. The molecule has 0 aromatic heterocycles. The van der Waals surface area contributed by atoms with E-state index in [0.717, 1.165) is 31.1 Å². The summed E-state index contributed by atoms with van der Waals surface area (Å²) in [4.78, 5) is 0. The third kappa shape index (κ3) is 10.5. The highest BCUT2D eigenvalue weighted by molar-refractivity contribution is 5.02. The van der Waals surface area contributed by atoms with Crippen molar-refractivity contribution >= 4 is 0 Å². The molecule has 7 atom stereocenters. The van der Waals surface area contributed by atoms with Gasteiger partial charge in [-0.15, -0.1) is 0 Å². The Hall–Kier alpha value is -0.200. The van der Waals surface area contributed by atoms with E-state index in [1.54, 1.807) is 13.8 Å². The summed E-state index contributed by atoms with van der Waals surface area (Å²) in [6.07, 6.45) is 12.3. The molecule has 0 aromatic rings. The molecule has 0 amide bonds. The van der Waals surface area contributed by atoms with Gasteiger partial charge in [0, 0.05) is 11.8 Å². The minimum absolute atomic E-state index is 0.175. The van der Waals surface area contributed by atoms with Gasteiger partial charge in [0.2, 0.25) is 0 Å². The fraction of sp³-hybridized carbons (Fsp3) is 1.00. The topological polar surface area (TPSA) is 93.5 Å². The van der Waals surface area contributed by atoms with E-state index in [2.05, 4.69) is 27.7 Å². The van der Waals surface area contributed by atoms with Crippen molar-refractivity contribution in [2.24, 2.45) is 29.6 Å². The summed E-state index contributed by atoms with van der Waals surface area (Å²) in [6.45, 7) is 14.6. The van der Waals surface area contributed by atoms with E-state index >= 15 is 0 Å². The predicted octanol–water partition coefficient (Wildman–Crippen LogP) is 6.02. The highest BCUT2D eigenvalue weighted by atomic mass is 16.6. The lowest BCUT2D eigenvalue weighted by Crippen LogP contribution is -2.46. The van der Waals surface area contributed by atoms with Gasteiger partial charge in [-0.2, -0.15) is 0 Å². The standard InChI is InChI=1S/C28H56O5/c1-8-10-11-14-20(3)15-12-16-21(4)19-22(5)17-13-18-23(6)28(31,32)26-25(33-26)24(7)27(29,30)9-2/h20-26,29-32H,8-19H2,1-7H3. The molecule has 0 saturated carbocycles. The lowest BCUT2D eigenvalue weighted by atomic mass is 9.84. The molecule has 0 aromatic carbocycles. The Morgan fingerprint density at radius 2 is 1.21 bits per heavy atom. The molecule has 7 unspecified atom stereocenters. The summed E-state index contributed by atoms with van der Waals surface area (Å²) in [6, 6.07) is 0. The van der Waals surface area contributed by atoms with Crippen molar-refractivity contribution in [3.8, 4) is 0 Å². The highest BCUT2D eigenvalue weighted by Crippen LogP contribution is 2.44. The Balaban J connectivity index is 2.26. The van der Waals surface area contributed by atoms with E-state index < -0.39 is 29.7 Å². The second kappa shape index (κ2) is 14.4. The van der Waals surface area contributed by atoms with Crippen LogP contribution in [0.25, 0.3) is 0 Å². The number of hydrogen-bond acceptors (Lipinski definition) is 5. The van der Waals surface area contributed by atoms with E-state index in [1.807, 2.05) is 6.92 Å². The van der Waals surface area contributed by atoms with Crippen molar-refractivity contribution < 1.29 is 25.2 Å². The zero-order valence-electron chi connectivity index (χ0n) is 22.7. The Morgan fingerprint density at radius 3 is 1.76 bits per heavy atom. The molecule has 198 valence electrons.